The van der Waals surface area contributed by atoms with E-state index < -0.39 is 0 Å². The molecule has 128 valence electrons. The first-order chi connectivity index (χ1) is 11.0. The third kappa shape index (κ3) is 4.79. The van der Waals surface area contributed by atoms with Crippen LogP contribution in [0.2, 0.25) is 0 Å². The molecule has 23 heavy (non-hydrogen) atoms. The lowest BCUT2D eigenvalue weighted by atomic mass is 9.78. The average molecular weight is 320 g/mol. The minimum Gasteiger partial charge on any atom is -0.459 e. The summed E-state index contributed by atoms with van der Waals surface area (Å²) in [6.07, 6.45) is 0.804. The number of hydrogen-bond donors (Lipinski definition) is 0. The quantitative estimate of drug-likeness (QED) is 0.748. The Balaban J connectivity index is 1.79. The Hall–Kier alpha value is -1.39. The highest BCUT2D eigenvalue weighted by molar-refractivity contribution is 5.70. The van der Waals surface area contributed by atoms with Crippen LogP contribution in [-0.2, 0) is 25.6 Å². The molecule has 0 aliphatic carbocycles. The van der Waals surface area contributed by atoms with Gasteiger partial charge in [0, 0.05) is 5.92 Å². The molecule has 1 aliphatic heterocycles. The molecule has 0 bridgehead atoms. The van der Waals surface area contributed by atoms with Crippen LogP contribution in [-0.4, -0.2) is 25.0 Å². The molecule has 1 saturated heterocycles. The van der Waals surface area contributed by atoms with Crippen LogP contribution in [0.5, 0.6) is 0 Å². The van der Waals surface area contributed by atoms with Crippen molar-refractivity contribution in [2.45, 2.75) is 53.1 Å². The van der Waals surface area contributed by atoms with Crippen LogP contribution in [0.15, 0.2) is 30.3 Å². The van der Waals surface area contributed by atoms with Gasteiger partial charge in [0.05, 0.1) is 6.10 Å². The van der Waals surface area contributed by atoms with E-state index >= 15 is 0 Å². The summed E-state index contributed by atoms with van der Waals surface area (Å²) < 4.78 is 16.9. The second-order valence-corrected chi connectivity index (χ2v) is 6.49. The minimum absolute atomic E-state index is 0.0701. The Labute approximate surface area is 139 Å². The third-order valence-corrected chi connectivity index (χ3v) is 4.99. The summed E-state index contributed by atoms with van der Waals surface area (Å²) in [5.74, 6) is 0.901. The second kappa shape index (κ2) is 8.46. The van der Waals surface area contributed by atoms with Gasteiger partial charge in [-0.05, 0) is 23.8 Å². The Morgan fingerprint density at radius 3 is 2.43 bits per heavy atom. The number of rotatable bonds is 6. The van der Waals surface area contributed by atoms with Crippen molar-refractivity contribution in [2.75, 3.05) is 6.61 Å². The second-order valence-electron chi connectivity index (χ2n) is 6.49. The van der Waals surface area contributed by atoms with Crippen molar-refractivity contribution in [1.29, 1.82) is 0 Å². The molecular formula is C19H28O4. The molecular weight excluding hydrogens is 292 g/mol. The first-order valence-electron chi connectivity index (χ1n) is 8.49. The van der Waals surface area contributed by atoms with E-state index in [0.717, 1.165) is 12.0 Å². The Morgan fingerprint density at radius 2 is 1.78 bits per heavy atom. The van der Waals surface area contributed by atoms with Gasteiger partial charge in [-0.2, -0.15) is 0 Å². The van der Waals surface area contributed by atoms with Gasteiger partial charge in [0.25, 0.3) is 0 Å². The predicted molar refractivity (Wildman–Crippen MR) is 88.6 cm³/mol. The van der Waals surface area contributed by atoms with Gasteiger partial charge in [0.2, 0.25) is 0 Å². The van der Waals surface area contributed by atoms with Crippen LogP contribution in [0, 0.1) is 17.8 Å². The maximum Gasteiger partial charge on any atom is 0.332 e. The molecule has 0 N–H and O–H groups in total. The highest BCUT2D eigenvalue weighted by atomic mass is 16.7. The first kappa shape index (κ1) is 18.0. The molecule has 1 aromatic rings. The summed E-state index contributed by atoms with van der Waals surface area (Å²) in [5.41, 5.74) is 0.969. The molecule has 0 amide bonds. The molecule has 1 aromatic carbocycles. The van der Waals surface area contributed by atoms with Gasteiger partial charge in [-0.3, -0.25) is 0 Å². The van der Waals surface area contributed by atoms with Crippen molar-refractivity contribution >= 4 is 5.97 Å². The largest absolute Gasteiger partial charge is 0.459 e. The van der Waals surface area contributed by atoms with Gasteiger partial charge < -0.3 is 14.2 Å². The molecule has 0 spiro atoms. The van der Waals surface area contributed by atoms with Crippen LogP contribution >= 0.6 is 0 Å². The van der Waals surface area contributed by atoms with Gasteiger partial charge in [-0.1, -0.05) is 58.0 Å². The van der Waals surface area contributed by atoms with Crippen molar-refractivity contribution in [1.82, 2.24) is 0 Å². The van der Waals surface area contributed by atoms with E-state index in [4.69, 9.17) is 14.2 Å². The van der Waals surface area contributed by atoms with Gasteiger partial charge >= 0.3 is 5.97 Å². The maximum atomic E-state index is 11.9. The molecule has 2 rings (SSSR count). The maximum absolute atomic E-state index is 11.9. The molecule has 0 radical (unpaired) electrons. The summed E-state index contributed by atoms with van der Waals surface area (Å²) in [7, 11) is 0. The minimum atomic E-state index is -0.357. The zero-order valence-electron chi connectivity index (χ0n) is 14.5. The Morgan fingerprint density at radius 1 is 1.09 bits per heavy atom. The zero-order valence-corrected chi connectivity index (χ0v) is 14.5. The Kier molecular flexibility index (Phi) is 6.60. The predicted octanol–water partition coefficient (Wildman–Crippen LogP) is 3.79. The number of esters is 1. The number of ether oxygens (including phenoxy) is 3. The van der Waals surface area contributed by atoms with E-state index in [9.17, 15) is 4.79 Å². The summed E-state index contributed by atoms with van der Waals surface area (Å²) in [6, 6.07) is 9.63. The number of carbonyl (C=O) groups is 1. The highest BCUT2D eigenvalue weighted by Crippen LogP contribution is 2.36. The first-order valence-corrected chi connectivity index (χ1v) is 8.49. The SMILES string of the molecule is CCC1OC(OCC(=O)OCc2ccccc2)C(C)C(C)C1C. The molecule has 5 unspecified atom stereocenters. The van der Waals surface area contributed by atoms with Gasteiger partial charge in [-0.25, -0.2) is 4.79 Å². The standard InChI is InChI=1S/C19H28O4/c1-5-17-14(3)13(2)15(4)19(23-17)22-12-18(20)21-11-16-9-7-6-8-10-16/h6-10,13-15,17,19H,5,11-12H2,1-4H3. The molecule has 1 aliphatic rings. The average Bonchev–Trinajstić information content (AvgIpc) is 2.58. The van der Waals surface area contributed by atoms with Crippen molar-refractivity contribution < 1.29 is 19.0 Å². The van der Waals surface area contributed by atoms with E-state index in [1.165, 1.54) is 0 Å². The van der Waals surface area contributed by atoms with Crippen molar-refractivity contribution in [3.8, 4) is 0 Å². The molecule has 4 nitrogen and oxygen atoms in total. The molecule has 4 heteroatoms. The number of carbonyl (C=O) groups excluding carboxylic acids is 1. The van der Waals surface area contributed by atoms with E-state index in [2.05, 4.69) is 27.7 Å². The van der Waals surface area contributed by atoms with Gasteiger partial charge in [0.15, 0.2) is 6.29 Å². The molecule has 1 fully saturated rings. The normalized spacial score (nSPS) is 30.9. The molecule has 5 atom stereocenters. The lowest BCUT2D eigenvalue weighted by molar-refractivity contribution is -0.249. The van der Waals surface area contributed by atoms with E-state index in [-0.39, 0.29) is 37.5 Å². The van der Waals surface area contributed by atoms with Crippen LogP contribution in [0.4, 0.5) is 0 Å². The zero-order chi connectivity index (χ0) is 16.8. The fourth-order valence-corrected chi connectivity index (χ4v) is 3.07. The smallest absolute Gasteiger partial charge is 0.332 e. The molecule has 0 saturated carbocycles. The van der Waals surface area contributed by atoms with Gasteiger partial charge in [-0.15, -0.1) is 0 Å². The Bertz CT molecular complexity index is 485. The van der Waals surface area contributed by atoms with Crippen molar-refractivity contribution in [2.24, 2.45) is 17.8 Å². The molecule has 1 heterocycles. The van der Waals surface area contributed by atoms with Crippen LogP contribution in [0.3, 0.4) is 0 Å². The summed E-state index contributed by atoms with van der Waals surface area (Å²) >= 11 is 0. The number of benzene rings is 1. The molecule has 0 aromatic heterocycles. The lowest BCUT2D eigenvalue weighted by Crippen LogP contribution is -2.46. The van der Waals surface area contributed by atoms with Crippen molar-refractivity contribution in [3.63, 3.8) is 0 Å². The van der Waals surface area contributed by atoms with Crippen LogP contribution in [0.25, 0.3) is 0 Å². The topological polar surface area (TPSA) is 44.8 Å². The van der Waals surface area contributed by atoms with E-state index in [0.29, 0.717) is 11.8 Å². The van der Waals surface area contributed by atoms with E-state index in [1.54, 1.807) is 0 Å². The van der Waals surface area contributed by atoms with Crippen LogP contribution in [0.1, 0.15) is 39.7 Å². The van der Waals surface area contributed by atoms with Crippen molar-refractivity contribution in [3.05, 3.63) is 35.9 Å². The summed E-state index contributed by atoms with van der Waals surface area (Å²) in [4.78, 5) is 11.9. The fourth-order valence-electron chi connectivity index (χ4n) is 3.07. The summed E-state index contributed by atoms with van der Waals surface area (Å²) in [5, 5.41) is 0. The highest BCUT2D eigenvalue weighted by Gasteiger charge is 2.38. The van der Waals surface area contributed by atoms with Crippen LogP contribution < -0.4 is 0 Å². The summed E-state index contributed by atoms with van der Waals surface area (Å²) in [6.45, 7) is 8.89. The third-order valence-electron chi connectivity index (χ3n) is 4.99. The number of hydrogen-bond acceptors (Lipinski definition) is 4. The van der Waals surface area contributed by atoms with E-state index in [1.807, 2.05) is 30.3 Å². The monoisotopic (exact) mass is 320 g/mol. The fraction of sp³-hybridized carbons (Fsp3) is 0.632. The van der Waals surface area contributed by atoms with Gasteiger partial charge in [0.1, 0.15) is 13.2 Å². The lowest BCUT2D eigenvalue weighted by Gasteiger charge is -2.43.